The molecule has 0 nitrogen and oxygen atoms in total. The third kappa shape index (κ3) is 8.38. The molecule has 0 saturated carbocycles. The van der Waals surface area contributed by atoms with Crippen LogP contribution in [0.1, 0.15) is 84.9 Å². The molecule has 0 aromatic heterocycles. The van der Waals surface area contributed by atoms with E-state index in [1.54, 1.807) is 6.07 Å². The van der Waals surface area contributed by atoms with Crippen molar-refractivity contribution in [2.75, 3.05) is 0 Å². The Labute approximate surface area is 207 Å². The number of alkyl halides is 3. The van der Waals surface area contributed by atoms with Crippen LogP contribution in [-0.4, -0.2) is 0 Å². The molecule has 0 N–H and O–H groups in total. The van der Waals surface area contributed by atoms with Crippen LogP contribution >= 0.6 is 0 Å². The molecule has 0 aliphatic heterocycles. The van der Waals surface area contributed by atoms with E-state index in [4.69, 9.17) is 0 Å². The van der Waals surface area contributed by atoms with Gasteiger partial charge in [-0.3, -0.25) is 0 Å². The van der Waals surface area contributed by atoms with Gasteiger partial charge in [0.2, 0.25) is 0 Å². The lowest BCUT2D eigenvalue weighted by molar-refractivity contribution is -0.137. The molecule has 0 saturated heterocycles. The van der Waals surface area contributed by atoms with E-state index in [-0.39, 0.29) is 5.56 Å². The number of hydrogen-bond acceptors (Lipinski definition) is 0. The lowest BCUT2D eigenvalue weighted by Crippen LogP contribution is -2.08. The van der Waals surface area contributed by atoms with Gasteiger partial charge in [0.25, 0.3) is 0 Å². The highest BCUT2D eigenvalue weighted by Crippen LogP contribution is 2.32. The van der Waals surface area contributed by atoms with Crippen LogP contribution in [0.5, 0.6) is 0 Å². The number of unbranched alkanes of at least 4 members (excludes halogenated alkanes) is 3. The highest BCUT2D eigenvalue weighted by Gasteiger charge is 2.33. The third-order valence-corrected chi connectivity index (χ3v) is 5.78. The van der Waals surface area contributed by atoms with Crippen LogP contribution in [0.3, 0.4) is 0 Å². The smallest absolute Gasteiger partial charge is 0.166 e. The first-order chi connectivity index (χ1) is 16.9. The van der Waals surface area contributed by atoms with Crippen LogP contribution < -0.4 is 0 Å². The summed E-state index contributed by atoms with van der Waals surface area (Å²) in [5, 5.41) is 0. The summed E-state index contributed by atoms with van der Waals surface area (Å²) < 4.78 is 41.2. The van der Waals surface area contributed by atoms with E-state index >= 15 is 0 Å². The Morgan fingerprint density at radius 3 is 1.69 bits per heavy atom. The zero-order valence-electron chi connectivity index (χ0n) is 20.4. The SMILES string of the molecule is CCCCCCc1ccc(C#Cc2ccc(C#Cc3ccc(CCC)cc3)cc2C(F)(F)F)cc1. The largest absolute Gasteiger partial charge is 0.417 e. The molecule has 35 heavy (non-hydrogen) atoms. The minimum atomic E-state index is -4.51. The second kappa shape index (κ2) is 12.9. The zero-order valence-corrected chi connectivity index (χ0v) is 20.4. The molecule has 3 aromatic carbocycles. The molecule has 0 radical (unpaired) electrons. The molecular weight excluding hydrogens is 441 g/mol. The van der Waals surface area contributed by atoms with Gasteiger partial charge in [0.15, 0.2) is 0 Å². The molecule has 3 heteroatoms. The summed E-state index contributed by atoms with van der Waals surface area (Å²) in [6.45, 7) is 4.30. The van der Waals surface area contributed by atoms with E-state index in [2.05, 4.69) is 37.5 Å². The Hall–Kier alpha value is -3.43. The van der Waals surface area contributed by atoms with Crippen LogP contribution in [0.15, 0.2) is 66.7 Å². The number of benzene rings is 3. The van der Waals surface area contributed by atoms with Crippen LogP contribution in [-0.2, 0) is 19.0 Å². The van der Waals surface area contributed by atoms with Crippen molar-refractivity contribution in [3.05, 3.63) is 106 Å². The number of halogens is 3. The Balaban J connectivity index is 1.76. The summed E-state index contributed by atoms with van der Waals surface area (Å²) in [4.78, 5) is 0. The summed E-state index contributed by atoms with van der Waals surface area (Å²) in [6, 6.07) is 19.7. The molecule has 0 amide bonds. The molecule has 0 aliphatic carbocycles. The predicted octanol–water partition coefficient (Wildman–Crippen LogP) is 8.58. The molecule has 180 valence electrons. The number of aryl methyl sites for hydroxylation is 2. The summed E-state index contributed by atoms with van der Waals surface area (Å²) in [5.74, 6) is 11.4. The Bertz CT molecular complexity index is 1210. The maximum atomic E-state index is 13.7. The molecule has 0 aliphatic rings. The second-order valence-corrected chi connectivity index (χ2v) is 8.71. The van der Waals surface area contributed by atoms with Crippen LogP contribution in [0, 0.1) is 23.7 Å². The average Bonchev–Trinajstić information content (AvgIpc) is 2.85. The normalized spacial score (nSPS) is 10.8. The number of rotatable bonds is 7. The molecule has 0 atom stereocenters. The van der Waals surface area contributed by atoms with Crippen molar-refractivity contribution in [2.24, 2.45) is 0 Å². The van der Waals surface area contributed by atoms with Gasteiger partial charge in [-0.25, -0.2) is 0 Å². The summed E-state index contributed by atoms with van der Waals surface area (Å²) in [6.07, 6.45) is 3.36. The minimum absolute atomic E-state index is 0.0457. The lowest BCUT2D eigenvalue weighted by atomic mass is 10.0. The monoisotopic (exact) mass is 472 g/mol. The summed E-state index contributed by atoms with van der Waals surface area (Å²) >= 11 is 0. The van der Waals surface area contributed by atoms with Crippen molar-refractivity contribution in [1.82, 2.24) is 0 Å². The van der Waals surface area contributed by atoms with Crippen molar-refractivity contribution in [2.45, 2.75) is 65.0 Å². The maximum Gasteiger partial charge on any atom is 0.417 e. The van der Waals surface area contributed by atoms with E-state index in [0.717, 1.165) is 37.3 Å². The molecule has 0 fully saturated rings. The topological polar surface area (TPSA) is 0 Å². The zero-order chi connectivity index (χ0) is 25.1. The van der Waals surface area contributed by atoms with Gasteiger partial charge in [0, 0.05) is 22.3 Å². The predicted molar refractivity (Wildman–Crippen MR) is 138 cm³/mol. The Morgan fingerprint density at radius 2 is 1.11 bits per heavy atom. The summed E-state index contributed by atoms with van der Waals surface area (Å²) in [7, 11) is 0. The van der Waals surface area contributed by atoms with Crippen molar-refractivity contribution >= 4 is 0 Å². The van der Waals surface area contributed by atoms with Crippen molar-refractivity contribution in [1.29, 1.82) is 0 Å². The van der Waals surface area contributed by atoms with Gasteiger partial charge in [-0.2, -0.15) is 13.2 Å². The van der Waals surface area contributed by atoms with Crippen LogP contribution in [0.4, 0.5) is 13.2 Å². The fourth-order valence-corrected chi connectivity index (χ4v) is 3.80. The molecule has 0 bridgehead atoms. The van der Waals surface area contributed by atoms with E-state index in [0.29, 0.717) is 11.1 Å². The molecule has 0 unspecified atom stereocenters. The van der Waals surface area contributed by atoms with Gasteiger partial charge >= 0.3 is 6.18 Å². The first-order valence-corrected chi connectivity index (χ1v) is 12.3. The first-order valence-electron chi connectivity index (χ1n) is 12.3. The Morgan fingerprint density at radius 1 is 0.571 bits per heavy atom. The van der Waals surface area contributed by atoms with Crippen molar-refractivity contribution < 1.29 is 13.2 Å². The molecule has 0 heterocycles. The van der Waals surface area contributed by atoms with Gasteiger partial charge in [-0.1, -0.05) is 87.5 Å². The highest BCUT2D eigenvalue weighted by atomic mass is 19.4. The molecule has 3 aromatic rings. The Kier molecular flexibility index (Phi) is 9.63. The van der Waals surface area contributed by atoms with Gasteiger partial charge < -0.3 is 0 Å². The van der Waals surface area contributed by atoms with Gasteiger partial charge in [-0.15, -0.1) is 0 Å². The van der Waals surface area contributed by atoms with E-state index in [9.17, 15) is 13.2 Å². The van der Waals surface area contributed by atoms with Gasteiger partial charge in [0.05, 0.1) is 5.56 Å². The van der Waals surface area contributed by atoms with Gasteiger partial charge in [-0.05, 0) is 72.9 Å². The van der Waals surface area contributed by atoms with Gasteiger partial charge in [0.1, 0.15) is 0 Å². The highest BCUT2D eigenvalue weighted by molar-refractivity contribution is 5.52. The maximum absolute atomic E-state index is 13.7. The number of hydrogen-bond donors (Lipinski definition) is 0. The average molecular weight is 473 g/mol. The van der Waals surface area contributed by atoms with E-state index in [1.807, 2.05) is 48.5 Å². The van der Waals surface area contributed by atoms with Crippen molar-refractivity contribution in [3.63, 3.8) is 0 Å². The van der Waals surface area contributed by atoms with E-state index < -0.39 is 11.7 Å². The fourth-order valence-electron chi connectivity index (χ4n) is 3.80. The summed E-state index contributed by atoms with van der Waals surface area (Å²) in [5.41, 5.74) is 3.43. The van der Waals surface area contributed by atoms with Crippen LogP contribution in [0.2, 0.25) is 0 Å². The van der Waals surface area contributed by atoms with Crippen molar-refractivity contribution in [3.8, 4) is 23.7 Å². The quantitative estimate of drug-likeness (QED) is 0.239. The third-order valence-electron chi connectivity index (χ3n) is 5.78. The lowest BCUT2D eigenvalue weighted by Gasteiger charge is -2.09. The molecule has 3 rings (SSSR count). The molecular formula is C32H31F3. The molecule has 0 spiro atoms. The van der Waals surface area contributed by atoms with E-state index in [1.165, 1.54) is 36.5 Å². The van der Waals surface area contributed by atoms with Crippen LogP contribution in [0.25, 0.3) is 0 Å². The minimum Gasteiger partial charge on any atom is -0.166 e. The standard InChI is InChI=1S/C32H31F3/c1-3-5-6-7-9-26-12-16-28(17-13-26)20-22-30-23-21-29(24-31(30)32(33,34)35)19-18-27-14-10-25(8-4-2)11-15-27/h10-17,21,23-24H,3-9H2,1-2H3. The fraction of sp³-hybridized carbons (Fsp3) is 0.312. The first kappa shape index (κ1) is 26.2. The second-order valence-electron chi connectivity index (χ2n) is 8.71.